The van der Waals surface area contributed by atoms with Crippen molar-refractivity contribution in [3.05, 3.63) is 42.2 Å². The summed E-state index contributed by atoms with van der Waals surface area (Å²) in [5, 5.41) is 11.0. The molecule has 0 spiro atoms. The predicted octanol–water partition coefficient (Wildman–Crippen LogP) is 0.332. The van der Waals surface area contributed by atoms with E-state index in [1.54, 1.807) is 29.2 Å². The van der Waals surface area contributed by atoms with Gasteiger partial charge in [0.05, 0.1) is 23.2 Å². The van der Waals surface area contributed by atoms with Gasteiger partial charge in [-0.2, -0.15) is 0 Å². The molecule has 2 N–H and O–H groups in total. The number of nitrogens with zero attached hydrogens (tertiary/aromatic N) is 3. The van der Waals surface area contributed by atoms with E-state index >= 15 is 0 Å². The molecule has 1 aromatic carbocycles. The zero-order valence-electron chi connectivity index (χ0n) is 12.3. The minimum atomic E-state index is -3.56. The third-order valence-corrected chi connectivity index (χ3v) is 5.50. The second-order valence-corrected chi connectivity index (χ2v) is 6.98. The van der Waals surface area contributed by atoms with E-state index in [1.807, 2.05) is 19.1 Å². The first kappa shape index (κ1) is 15.1. The largest absolute Gasteiger partial charge is 0.313 e. The fourth-order valence-electron chi connectivity index (χ4n) is 2.78. The Bertz CT molecular complexity index is 729. The molecule has 7 nitrogen and oxygen atoms in total. The Balaban J connectivity index is 1.85. The molecule has 0 aliphatic carbocycles. The van der Waals surface area contributed by atoms with Crippen LogP contribution < -0.4 is 10.0 Å². The van der Waals surface area contributed by atoms with Crippen molar-refractivity contribution in [3.63, 3.8) is 0 Å². The number of sulfonamides is 1. The zero-order chi connectivity index (χ0) is 15.6. The summed E-state index contributed by atoms with van der Waals surface area (Å²) >= 11 is 0. The fourth-order valence-corrected chi connectivity index (χ4v) is 4.36. The zero-order valence-corrected chi connectivity index (χ0v) is 13.1. The summed E-state index contributed by atoms with van der Waals surface area (Å²) in [6.07, 6.45) is 4.02. The molecule has 0 bridgehead atoms. The Morgan fingerprint density at radius 2 is 2.18 bits per heavy atom. The molecule has 8 heteroatoms. The molecule has 2 heterocycles. The lowest BCUT2D eigenvalue weighted by Crippen LogP contribution is -2.41. The summed E-state index contributed by atoms with van der Waals surface area (Å²) in [5.41, 5.74) is 0.818. The maximum absolute atomic E-state index is 12.7. The molecule has 0 saturated carbocycles. The van der Waals surface area contributed by atoms with E-state index in [1.165, 1.54) is 0 Å². The van der Waals surface area contributed by atoms with Gasteiger partial charge >= 0.3 is 0 Å². The van der Waals surface area contributed by atoms with Gasteiger partial charge < -0.3 is 5.32 Å². The highest BCUT2D eigenvalue weighted by molar-refractivity contribution is 7.89. The molecule has 1 fully saturated rings. The van der Waals surface area contributed by atoms with Crippen LogP contribution in [-0.2, 0) is 16.4 Å². The van der Waals surface area contributed by atoms with Crippen LogP contribution in [-0.4, -0.2) is 42.5 Å². The van der Waals surface area contributed by atoms with Crippen LogP contribution in [0, 0.1) is 0 Å². The first-order chi connectivity index (χ1) is 10.6. The van der Waals surface area contributed by atoms with Crippen molar-refractivity contribution in [3.8, 4) is 0 Å². The minimum absolute atomic E-state index is 0.0777. The molecule has 3 rings (SSSR count). The molecule has 1 aliphatic rings. The van der Waals surface area contributed by atoms with Crippen LogP contribution in [0.1, 0.15) is 18.5 Å². The maximum atomic E-state index is 12.7. The molecule has 1 aromatic heterocycles. The van der Waals surface area contributed by atoms with Crippen molar-refractivity contribution in [2.75, 3.05) is 13.1 Å². The summed E-state index contributed by atoms with van der Waals surface area (Å²) in [4.78, 5) is 0.349. The summed E-state index contributed by atoms with van der Waals surface area (Å²) in [6, 6.07) is 6.76. The van der Waals surface area contributed by atoms with Crippen LogP contribution in [0.3, 0.4) is 0 Å². The molecule has 2 aromatic rings. The van der Waals surface area contributed by atoms with E-state index in [2.05, 4.69) is 20.4 Å². The Labute approximate surface area is 129 Å². The Morgan fingerprint density at radius 1 is 1.36 bits per heavy atom. The highest BCUT2D eigenvalue weighted by Gasteiger charge is 2.33. The van der Waals surface area contributed by atoms with E-state index in [4.69, 9.17) is 0 Å². The van der Waals surface area contributed by atoms with Gasteiger partial charge in [-0.1, -0.05) is 30.3 Å². The molecule has 22 heavy (non-hydrogen) atoms. The third-order valence-electron chi connectivity index (χ3n) is 3.91. The first-order valence-corrected chi connectivity index (χ1v) is 8.77. The SMILES string of the molecule is CCc1ccccc1S(=O)(=O)N[C@@H]1CNC[C@@H]1n1ccnn1. The van der Waals surface area contributed by atoms with Gasteiger partial charge in [-0.05, 0) is 18.1 Å². The van der Waals surface area contributed by atoms with Crippen molar-refractivity contribution in [1.82, 2.24) is 25.0 Å². The second kappa shape index (κ2) is 6.15. The summed E-state index contributed by atoms with van der Waals surface area (Å²) in [7, 11) is -3.56. The van der Waals surface area contributed by atoms with Crippen LogP contribution in [0.2, 0.25) is 0 Å². The van der Waals surface area contributed by atoms with Crippen molar-refractivity contribution in [2.24, 2.45) is 0 Å². The number of hydrogen-bond donors (Lipinski definition) is 2. The predicted molar refractivity (Wildman–Crippen MR) is 81.9 cm³/mol. The average Bonchev–Trinajstić information content (AvgIpc) is 3.17. The highest BCUT2D eigenvalue weighted by atomic mass is 32.2. The summed E-state index contributed by atoms with van der Waals surface area (Å²) < 4.78 is 29.9. The van der Waals surface area contributed by atoms with Gasteiger partial charge in [0.1, 0.15) is 0 Å². The quantitative estimate of drug-likeness (QED) is 0.828. The Kier molecular flexibility index (Phi) is 4.23. The van der Waals surface area contributed by atoms with Gasteiger partial charge in [-0.25, -0.2) is 17.8 Å². The second-order valence-electron chi connectivity index (χ2n) is 5.30. The molecular formula is C14H19N5O2S. The first-order valence-electron chi connectivity index (χ1n) is 7.28. The standard InChI is InChI=1S/C14H19N5O2S/c1-2-11-5-3-4-6-14(11)22(20,21)17-12-9-15-10-13(12)19-8-7-16-18-19/h3-8,12-13,15,17H,2,9-10H2,1H3/t12-,13+/m1/s1. The normalized spacial score (nSPS) is 22.0. The molecule has 118 valence electrons. The number of nitrogens with one attached hydrogen (secondary N) is 2. The third kappa shape index (κ3) is 2.90. The number of aromatic nitrogens is 3. The van der Waals surface area contributed by atoms with Crippen LogP contribution in [0.4, 0.5) is 0 Å². The molecular weight excluding hydrogens is 302 g/mol. The monoisotopic (exact) mass is 321 g/mol. The van der Waals surface area contributed by atoms with Gasteiger partial charge in [-0.3, -0.25) is 0 Å². The van der Waals surface area contributed by atoms with E-state index in [9.17, 15) is 8.42 Å². The lowest BCUT2D eigenvalue weighted by Gasteiger charge is -2.20. The van der Waals surface area contributed by atoms with Crippen molar-refractivity contribution < 1.29 is 8.42 Å². The van der Waals surface area contributed by atoms with Gasteiger partial charge in [0.15, 0.2) is 0 Å². The topological polar surface area (TPSA) is 88.9 Å². The van der Waals surface area contributed by atoms with Crippen molar-refractivity contribution >= 4 is 10.0 Å². The van der Waals surface area contributed by atoms with Gasteiger partial charge in [0, 0.05) is 19.3 Å². The van der Waals surface area contributed by atoms with Crippen LogP contribution in [0.25, 0.3) is 0 Å². The van der Waals surface area contributed by atoms with E-state index in [-0.39, 0.29) is 12.1 Å². The van der Waals surface area contributed by atoms with Crippen LogP contribution >= 0.6 is 0 Å². The van der Waals surface area contributed by atoms with E-state index < -0.39 is 10.0 Å². The number of aryl methyl sites for hydroxylation is 1. The van der Waals surface area contributed by atoms with Crippen LogP contribution in [0.5, 0.6) is 0 Å². The number of hydrogen-bond acceptors (Lipinski definition) is 5. The molecule has 1 saturated heterocycles. The Hall–Kier alpha value is -1.77. The highest BCUT2D eigenvalue weighted by Crippen LogP contribution is 2.20. The van der Waals surface area contributed by atoms with Crippen molar-refractivity contribution in [2.45, 2.75) is 30.3 Å². The van der Waals surface area contributed by atoms with Gasteiger partial charge in [0.2, 0.25) is 10.0 Å². The molecule has 0 amide bonds. The van der Waals surface area contributed by atoms with E-state index in [0.717, 1.165) is 5.56 Å². The van der Waals surface area contributed by atoms with E-state index in [0.29, 0.717) is 24.4 Å². The lowest BCUT2D eigenvalue weighted by atomic mass is 10.2. The maximum Gasteiger partial charge on any atom is 0.241 e. The molecule has 1 aliphatic heterocycles. The molecule has 0 radical (unpaired) electrons. The molecule has 2 atom stereocenters. The molecule has 0 unspecified atom stereocenters. The smallest absolute Gasteiger partial charge is 0.241 e. The Morgan fingerprint density at radius 3 is 2.91 bits per heavy atom. The summed E-state index contributed by atoms with van der Waals surface area (Å²) in [5.74, 6) is 0. The fraction of sp³-hybridized carbons (Fsp3) is 0.429. The van der Waals surface area contributed by atoms with Crippen molar-refractivity contribution in [1.29, 1.82) is 0 Å². The van der Waals surface area contributed by atoms with Crippen LogP contribution in [0.15, 0.2) is 41.6 Å². The minimum Gasteiger partial charge on any atom is -0.313 e. The average molecular weight is 321 g/mol. The lowest BCUT2D eigenvalue weighted by molar-refractivity contribution is 0.413. The number of rotatable bonds is 5. The summed E-state index contributed by atoms with van der Waals surface area (Å²) in [6.45, 7) is 3.17. The van der Waals surface area contributed by atoms with Gasteiger partial charge in [0.25, 0.3) is 0 Å². The number of benzene rings is 1. The van der Waals surface area contributed by atoms with Gasteiger partial charge in [-0.15, -0.1) is 5.10 Å².